The van der Waals surface area contributed by atoms with E-state index < -0.39 is 0 Å². The van der Waals surface area contributed by atoms with Gasteiger partial charge in [0.25, 0.3) is 0 Å². The van der Waals surface area contributed by atoms with Crippen molar-refractivity contribution < 1.29 is 4.42 Å². The van der Waals surface area contributed by atoms with E-state index in [1.807, 2.05) is 11.4 Å². The summed E-state index contributed by atoms with van der Waals surface area (Å²) in [7, 11) is 0. The predicted octanol–water partition coefficient (Wildman–Crippen LogP) is 3.06. The lowest BCUT2D eigenvalue weighted by atomic mass is 10.1. The lowest BCUT2D eigenvalue weighted by Gasteiger charge is -2.26. The van der Waals surface area contributed by atoms with Gasteiger partial charge in [-0.3, -0.25) is 0 Å². The first-order valence-electron chi connectivity index (χ1n) is 9.52. The molecule has 0 unspecified atom stereocenters. The zero-order valence-corrected chi connectivity index (χ0v) is 15.6. The molecule has 5 rings (SSSR count). The van der Waals surface area contributed by atoms with Crippen LogP contribution in [0.4, 0.5) is 5.82 Å². The van der Waals surface area contributed by atoms with Crippen molar-refractivity contribution in [2.24, 2.45) is 5.92 Å². The molecule has 0 atom stereocenters. The van der Waals surface area contributed by atoms with Crippen molar-refractivity contribution in [1.29, 1.82) is 0 Å². The highest BCUT2D eigenvalue weighted by Gasteiger charge is 2.32. The van der Waals surface area contributed by atoms with E-state index in [0.717, 1.165) is 59.6 Å². The molecule has 0 N–H and O–H groups in total. The number of aromatic nitrogens is 5. The van der Waals surface area contributed by atoms with E-state index in [4.69, 9.17) is 14.4 Å². The van der Waals surface area contributed by atoms with Crippen LogP contribution in [0.2, 0.25) is 0 Å². The maximum Gasteiger partial charge on any atom is 0.197 e. The summed E-state index contributed by atoms with van der Waals surface area (Å²) in [6.45, 7) is 8.03. The molecule has 0 aromatic carbocycles. The number of hydrogen-bond acceptors (Lipinski definition) is 6. The fourth-order valence-electron chi connectivity index (χ4n) is 3.80. The second kappa shape index (κ2) is 5.79. The molecule has 1 aliphatic carbocycles. The molecule has 7 nitrogen and oxygen atoms in total. The van der Waals surface area contributed by atoms with Crippen LogP contribution in [0.15, 0.2) is 10.7 Å². The van der Waals surface area contributed by atoms with Crippen molar-refractivity contribution in [1.82, 2.24) is 24.6 Å². The molecular formula is C19H24N6O. The second-order valence-electron chi connectivity index (χ2n) is 7.92. The molecule has 3 aromatic heterocycles. The highest BCUT2D eigenvalue weighted by molar-refractivity contribution is 5.72. The van der Waals surface area contributed by atoms with Gasteiger partial charge in [-0.05, 0) is 32.1 Å². The van der Waals surface area contributed by atoms with Crippen LogP contribution in [0, 0.1) is 12.8 Å². The first kappa shape index (κ1) is 15.8. The summed E-state index contributed by atoms with van der Waals surface area (Å²) >= 11 is 0. The fraction of sp³-hybridized carbons (Fsp3) is 0.579. The minimum atomic E-state index is 0.532. The number of anilines is 1. The van der Waals surface area contributed by atoms with Crippen LogP contribution in [0.25, 0.3) is 5.52 Å². The molecule has 1 saturated carbocycles. The quantitative estimate of drug-likeness (QED) is 0.718. The molecule has 7 heteroatoms. The van der Waals surface area contributed by atoms with Gasteiger partial charge in [0, 0.05) is 18.9 Å². The summed E-state index contributed by atoms with van der Waals surface area (Å²) in [5.74, 6) is 4.88. The Kier molecular flexibility index (Phi) is 3.52. The molecule has 0 spiro atoms. The van der Waals surface area contributed by atoms with Gasteiger partial charge in [-0.15, -0.1) is 0 Å². The van der Waals surface area contributed by atoms with E-state index in [1.165, 1.54) is 12.8 Å². The summed E-state index contributed by atoms with van der Waals surface area (Å²) in [6, 6.07) is 0. The highest BCUT2D eigenvalue weighted by atomic mass is 16.4. The molecular weight excluding hydrogens is 328 g/mol. The number of nitrogens with zero attached hydrogens (tertiary/aromatic N) is 6. The van der Waals surface area contributed by atoms with Gasteiger partial charge in [0.2, 0.25) is 0 Å². The smallest absolute Gasteiger partial charge is 0.197 e. The average Bonchev–Trinajstić information content (AvgIpc) is 3.31. The van der Waals surface area contributed by atoms with Gasteiger partial charge < -0.3 is 9.32 Å². The highest BCUT2D eigenvalue weighted by Crippen LogP contribution is 2.41. The van der Waals surface area contributed by atoms with Gasteiger partial charge in [-0.2, -0.15) is 5.10 Å². The number of hydrogen-bond donors (Lipinski definition) is 0. The number of rotatable bonds is 4. The van der Waals surface area contributed by atoms with Crippen molar-refractivity contribution in [3.63, 3.8) is 0 Å². The van der Waals surface area contributed by atoms with Crippen molar-refractivity contribution in [3.8, 4) is 0 Å². The lowest BCUT2D eigenvalue weighted by molar-refractivity contribution is 0.444. The van der Waals surface area contributed by atoms with E-state index in [-0.39, 0.29) is 0 Å². The van der Waals surface area contributed by atoms with Crippen molar-refractivity contribution in [2.45, 2.75) is 58.9 Å². The van der Waals surface area contributed by atoms with Gasteiger partial charge >= 0.3 is 0 Å². The number of fused-ring (bicyclic) bond motifs is 2. The molecule has 0 radical (unpaired) electrons. The topological polar surface area (TPSA) is 72.3 Å². The van der Waals surface area contributed by atoms with Gasteiger partial charge in [0.15, 0.2) is 11.7 Å². The molecule has 26 heavy (non-hydrogen) atoms. The Labute approximate surface area is 152 Å². The number of oxazole rings is 1. The zero-order chi connectivity index (χ0) is 17.8. The summed E-state index contributed by atoms with van der Waals surface area (Å²) in [6.07, 6.45) is 5.87. The third kappa shape index (κ3) is 2.57. The molecule has 4 heterocycles. The standard InChI is InChI=1S/C19H24N6O/c1-11(2)8-15-17-18(20-10-21-25(17)12(3)22-15)24-7-6-14-16(9-24)26-19(23-14)13-4-5-13/h10-11,13H,4-9H2,1-3H3. The maximum atomic E-state index is 6.08. The van der Waals surface area contributed by atoms with Crippen LogP contribution in [-0.2, 0) is 19.4 Å². The molecule has 1 aliphatic heterocycles. The van der Waals surface area contributed by atoms with E-state index in [9.17, 15) is 0 Å². The molecule has 0 saturated heterocycles. The Morgan fingerprint density at radius 3 is 2.88 bits per heavy atom. The third-order valence-electron chi connectivity index (χ3n) is 5.22. The molecule has 0 amide bonds. The van der Waals surface area contributed by atoms with Crippen molar-refractivity contribution in [2.75, 3.05) is 11.4 Å². The minimum absolute atomic E-state index is 0.532. The molecule has 3 aromatic rings. The SMILES string of the molecule is Cc1nc(CC(C)C)c2c(N3CCc4nc(C5CC5)oc4C3)ncnn12. The van der Waals surface area contributed by atoms with E-state index >= 15 is 0 Å². The van der Waals surface area contributed by atoms with Gasteiger partial charge in [0.1, 0.15) is 23.4 Å². The summed E-state index contributed by atoms with van der Waals surface area (Å²) < 4.78 is 8.00. The predicted molar refractivity (Wildman–Crippen MR) is 97.3 cm³/mol. The normalized spacial score (nSPS) is 17.3. The fourth-order valence-corrected chi connectivity index (χ4v) is 3.80. The third-order valence-corrected chi connectivity index (χ3v) is 5.22. The summed E-state index contributed by atoms with van der Waals surface area (Å²) in [4.78, 5) is 16.4. The Bertz CT molecular complexity index is 968. The Balaban J connectivity index is 1.54. The van der Waals surface area contributed by atoms with Gasteiger partial charge in [0.05, 0.1) is 17.9 Å². The lowest BCUT2D eigenvalue weighted by Crippen LogP contribution is -2.31. The van der Waals surface area contributed by atoms with Crippen LogP contribution in [0.1, 0.15) is 61.5 Å². The molecule has 0 bridgehead atoms. The Morgan fingerprint density at radius 2 is 2.12 bits per heavy atom. The molecule has 136 valence electrons. The monoisotopic (exact) mass is 352 g/mol. The summed E-state index contributed by atoms with van der Waals surface area (Å²) in [5.41, 5.74) is 3.24. The van der Waals surface area contributed by atoms with Crippen LogP contribution < -0.4 is 4.90 Å². The Hall–Kier alpha value is -2.44. The van der Waals surface area contributed by atoms with Crippen molar-refractivity contribution >= 4 is 11.3 Å². The number of aryl methyl sites for hydroxylation is 1. The van der Waals surface area contributed by atoms with Crippen LogP contribution >= 0.6 is 0 Å². The second-order valence-corrected chi connectivity index (χ2v) is 7.92. The van der Waals surface area contributed by atoms with E-state index in [0.29, 0.717) is 18.4 Å². The first-order chi connectivity index (χ1) is 12.6. The largest absolute Gasteiger partial charge is 0.443 e. The maximum absolute atomic E-state index is 6.08. The van der Waals surface area contributed by atoms with Gasteiger partial charge in [-0.25, -0.2) is 19.5 Å². The average molecular weight is 352 g/mol. The van der Waals surface area contributed by atoms with Crippen LogP contribution in [-0.4, -0.2) is 31.1 Å². The van der Waals surface area contributed by atoms with Crippen LogP contribution in [0.5, 0.6) is 0 Å². The van der Waals surface area contributed by atoms with Gasteiger partial charge in [-0.1, -0.05) is 13.8 Å². The first-order valence-corrected chi connectivity index (χ1v) is 9.52. The van der Waals surface area contributed by atoms with Crippen molar-refractivity contribution in [3.05, 3.63) is 35.2 Å². The zero-order valence-electron chi connectivity index (χ0n) is 15.6. The van der Waals surface area contributed by atoms with Crippen LogP contribution in [0.3, 0.4) is 0 Å². The molecule has 1 fully saturated rings. The summed E-state index contributed by atoms with van der Waals surface area (Å²) in [5, 5.41) is 4.42. The van der Waals surface area contributed by atoms with E-state index in [1.54, 1.807) is 6.33 Å². The Morgan fingerprint density at radius 1 is 1.27 bits per heavy atom. The van der Waals surface area contributed by atoms with E-state index in [2.05, 4.69) is 28.8 Å². The molecule has 2 aliphatic rings. The minimum Gasteiger partial charge on any atom is -0.443 e. The number of imidazole rings is 1.